The summed E-state index contributed by atoms with van der Waals surface area (Å²) >= 11 is 0. The molecule has 5 heteroatoms. The molecular weight excluding hydrogens is 312 g/mol. The highest BCUT2D eigenvalue weighted by molar-refractivity contribution is 5.42. The Morgan fingerprint density at radius 3 is 2.80 bits per heavy atom. The predicted octanol–water partition coefficient (Wildman–Crippen LogP) is 3.83. The lowest BCUT2D eigenvalue weighted by atomic mass is 10.2. The van der Waals surface area contributed by atoms with Gasteiger partial charge >= 0.3 is 0 Å². The summed E-state index contributed by atoms with van der Waals surface area (Å²) in [4.78, 5) is 11.2. The van der Waals surface area contributed by atoms with Crippen molar-refractivity contribution in [2.24, 2.45) is 0 Å². The van der Waals surface area contributed by atoms with Crippen LogP contribution in [0.15, 0.2) is 71.7 Å². The number of nitrogens with zero attached hydrogens (tertiary/aromatic N) is 4. The van der Waals surface area contributed by atoms with Gasteiger partial charge in [0, 0.05) is 31.7 Å². The number of aromatic nitrogens is 3. The molecule has 4 aromatic heterocycles. The molecule has 0 spiro atoms. The molecule has 5 nitrogen and oxygen atoms in total. The fourth-order valence-electron chi connectivity index (χ4n) is 3.11. The van der Waals surface area contributed by atoms with Gasteiger partial charge in [-0.15, -0.1) is 0 Å². The SMILES string of the molecule is Cc1nc2ccccn2c1CN(Cc1cccnc1)Cc1ccco1. The third-order valence-electron chi connectivity index (χ3n) is 4.29. The lowest BCUT2D eigenvalue weighted by molar-refractivity contribution is 0.223. The van der Waals surface area contributed by atoms with Gasteiger partial charge in [-0.3, -0.25) is 9.88 Å². The van der Waals surface area contributed by atoms with Gasteiger partial charge in [0.05, 0.1) is 24.2 Å². The third kappa shape index (κ3) is 3.46. The molecule has 0 N–H and O–H groups in total. The smallest absolute Gasteiger partial charge is 0.137 e. The van der Waals surface area contributed by atoms with Crippen molar-refractivity contribution in [2.45, 2.75) is 26.6 Å². The Balaban J connectivity index is 1.63. The Labute approximate surface area is 146 Å². The molecule has 0 aliphatic heterocycles. The molecule has 4 rings (SSSR count). The molecule has 0 bridgehead atoms. The van der Waals surface area contributed by atoms with Crippen LogP contribution in [-0.2, 0) is 19.6 Å². The quantitative estimate of drug-likeness (QED) is 0.538. The minimum atomic E-state index is 0.738. The van der Waals surface area contributed by atoms with Crippen molar-refractivity contribution in [3.8, 4) is 0 Å². The van der Waals surface area contributed by atoms with Crippen molar-refractivity contribution in [2.75, 3.05) is 0 Å². The molecule has 4 heterocycles. The maximum atomic E-state index is 5.56. The molecule has 0 aromatic carbocycles. The van der Waals surface area contributed by atoms with Crippen molar-refractivity contribution < 1.29 is 4.42 Å². The van der Waals surface area contributed by atoms with Crippen LogP contribution in [-0.4, -0.2) is 19.3 Å². The Morgan fingerprint density at radius 1 is 1.04 bits per heavy atom. The summed E-state index contributed by atoms with van der Waals surface area (Å²) in [5.74, 6) is 0.954. The Bertz CT molecular complexity index is 944. The fourth-order valence-corrected chi connectivity index (χ4v) is 3.11. The number of rotatable bonds is 6. The van der Waals surface area contributed by atoms with E-state index in [-0.39, 0.29) is 0 Å². The molecule has 126 valence electrons. The maximum Gasteiger partial charge on any atom is 0.137 e. The number of aryl methyl sites for hydroxylation is 1. The van der Waals surface area contributed by atoms with Gasteiger partial charge in [-0.25, -0.2) is 4.98 Å². The lowest BCUT2D eigenvalue weighted by Crippen LogP contribution is -2.23. The van der Waals surface area contributed by atoms with E-state index in [2.05, 4.69) is 38.5 Å². The van der Waals surface area contributed by atoms with E-state index >= 15 is 0 Å². The summed E-state index contributed by atoms with van der Waals surface area (Å²) in [5, 5.41) is 0. The first-order valence-electron chi connectivity index (χ1n) is 8.36. The fraction of sp³-hybridized carbons (Fsp3) is 0.200. The Morgan fingerprint density at radius 2 is 2.00 bits per heavy atom. The molecule has 0 aliphatic rings. The van der Waals surface area contributed by atoms with Gasteiger partial charge in [0.25, 0.3) is 0 Å². The zero-order valence-corrected chi connectivity index (χ0v) is 14.2. The first-order chi connectivity index (χ1) is 12.3. The predicted molar refractivity (Wildman–Crippen MR) is 95.8 cm³/mol. The van der Waals surface area contributed by atoms with Gasteiger partial charge in [-0.2, -0.15) is 0 Å². The highest BCUT2D eigenvalue weighted by Crippen LogP contribution is 2.18. The van der Waals surface area contributed by atoms with Gasteiger partial charge in [0.15, 0.2) is 0 Å². The van der Waals surface area contributed by atoms with E-state index in [0.29, 0.717) is 0 Å². The van der Waals surface area contributed by atoms with Gasteiger partial charge < -0.3 is 8.82 Å². The Hall–Kier alpha value is -2.92. The number of furan rings is 1. The van der Waals surface area contributed by atoms with E-state index in [0.717, 1.165) is 36.7 Å². The highest BCUT2D eigenvalue weighted by atomic mass is 16.3. The van der Waals surface area contributed by atoms with Crippen molar-refractivity contribution in [1.29, 1.82) is 0 Å². The second-order valence-corrected chi connectivity index (χ2v) is 6.16. The van der Waals surface area contributed by atoms with Crippen molar-refractivity contribution in [1.82, 2.24) is 19.3 Å². The summed E-state index contributed by atoms with van der Waals surface area (Å²) in [5.41, 5.74) is 4.42. The van der Waals surface area contributed by atoms with Crippen LogP contribution in [0.25, 0.3) is 5.65 Å². The molecule has 0 amide bonds. The second-order valence-electron chi connectivity index (χ2n) is 6.16. The molecule has 0 saturated heterocycles. The molecule has 0 fully saturated rings. The minimum Gasteiger partial charge on any atom is -0.468 e. The summed E-state index contributed by atoms with van der Waals surface area (Å²) in [7, 11) is 0. The van der Waals surface area contributed by atoms with Crippen LogP contribution >= 0.6 is 0 Å². The van der Waals surface area contributed by atoms with Crippen LogP contribution in [0.2, 0.25) is 0 Å². The van der Waals surface area contributed by atoms with Gasteiger partial charge in [-0.05, 0) is 42.8 Å². The summed E-state index contributed by atoms with van der Waals surface area (Å²) < 4.78 is 7.72. The number of hydrogen-bond acceptors (Lipinski definition) is 4. The van der Waals surface area contributed by atoms with Crippen LogP contribution in [0.4, 0.5) is 0 Å². The zero-order chi connectivity index (χ0) is 17.1. The van der Waals surface area contributed by atoms with Crippen LogP contribution in [0.3, 0.4) is 0 Å². The normalized spacial score (nSPS) is 11.4. The van der Waals surface area contributed by atoms with Crippen LogP contribution in [0.1, 0.15) is 22.7 Å². The average molecular weight is 332 g/mol. The van der Waals surface area contributed by atoms with Gasteiger partial charge in [0.1, 0.15) is 11.4 Å². The molecule has 25 heavy (non-hydrogen) atoms. The minimum absolute atomic E-state index is 0.738. The topological polar surface area (TPSA) is 46.6 Å². The highest BCUT2D eigenvalue weighted by Gasteiger charge is 2.15. The van der Waals surface area contributed by atoms with Crippen molar-refractivity contribution >= 4 is 5.65 Å². The summed E-state index contributed by atoms with van der Waals surface area (Å²) in [6, 6.07) is 14.1. The van der Waals surface area contributed by atoms with Crippen molar-refractivity contribution in [3.05, 3.63) is 90.0 Å². The largest absolute Gasteiger partial charge is 0.468 e. The molecule has 0 radical (unpaired) electrons. The van der Waals surface area contributed by atoms with E-state index in [4.69, 9.17) is 4.42 Å². The first-order valence-corrected chi connectivity index (χ1v) is 8.36. The van der Waals surface area contributed by atoms with Crippen LogP contribution < -0.4 is 0 Å². The molecule has 0 saturated carbocycles. The number of pyridine rings is 2. The van der Waals surface area contributed by atoms with E-state index in [1.165, 1.54) is 11.3 Å². The average Bonchev–Trinajstić information content (AvgIpc) is 3.24. The Kier molecular flexibility index (Phi) is 4.31. The number of hydrogen-bond donors (Lipinski definition) is 0. The number of imidazole rings is 1. The van der Waals surface area contributed by atoms with E-state index < -0.39 is 0 Å². The lowest BCUT2D eigenvalue weighted by Gasteiger charge is -2.21. The van der Waals surface area contributed by atoms with Crippen molar-refractivity contribution in [3.63, 3.8) is 0 Å². The molecular formula is C20H20N4O. The molecule has 0 atom stereocenters. The maximum absolute atomic E-state index is 5.56. The number of fused-ring (bicyclic) bond motifs is 1. The standard InChI is InChI=1S/C20H20N4O/c1-16-19(24-10-3-2-8-20(24)22-16)15-23(14-18-7-5-11-25-18)13-17-6-4-9-21-12-17/h2-12H,13-15H2,1H3. The van der Waals surface area contributed by atoms with Gasteiger partial charge in [0.2, 0.25) is 0 Å². The van der Waals surface area contributed by atoms with E-state index in [1.54, 1.807) is 12.5 Å². The molecule has 0 unspecified atom stereocenters. The third-order valence-corrected chi connectivity index (χ3v) is 4.29. The zero-order valence-electron chi connectivity index (χ0n) is 14.2. The monoisotopic (exact) mass is 332 g/mol. The summed E-state index contributed by atoms with van der Waals surface area (Å²) in [6.07, 6.45) is 7.50. The summed E-state index contributed by atoms with van der Waals surface area (Å²) in [6.45, 7) is 4.39. The second kappa shape index (κ2) is 6.91. The molecule has 4 aromatic rings. The van der Waals surface area contributed by atoms with Gasteiger partial charge in [-0.1, -0.05) is 12.1 Å². The first kappa shape index (κ1) is 15.6. The molecule has 0 aliphatic carbocycles. The van der Waals surface area contributed by atoms with E-state index in [9.17, 15) is 0 Å². The van der Waals surface area contributed by atoms with Crippen LogP contribution in [0.5, 0.6) is 0 Å². The van der Waals surface area contributed by atoms with E-state index in [1.807, 2.05) is 42.6 Å². The van der Waals surface area contributed by atoms with Crippen LogP contribution in [0, 0.1) is 6.92 Å².